The summed E-state index contributed by atoms with van der Waals surface area (Å²) in [5.41, 5.74) is 0.598. The Hall–Kier alpha value is -1.18. The molecule has 7 unspecified atom stereocenters. The molecule has 7 heteroatoms. The van der Waals surface area contributed by atoms with Gasteiger partial charge in [-0.25, -0.2) is 14.3 Å². The highest BCUT2D eigenvalue weighted by Crippen LogP contribution is 2.69. The Morgan fingerprint density at radius 3 is 2.44 bits per heavy atom. The minimum atomic E-state index is -1.82. The van der Waals surface area contributed by atoms with Crippen LogP contribution in [0.15, 0.2) is 18.7 Å². The molecule has 0 spiro atoms. The van der Waals surface area contributed by atoms with Crippen molar-refractivity contribution in [2.75, 3.05) is 6.61 Å². The molecule has 4 fully saturated rings. The normalized spacial score (nSPS) is 40.3. The van der Waals surface area contributed by atoms with E-state index in [0.29, 0.717) is 65.0 Å². The van der Waals surface area contributed by atoms with Gasteiger partial charge in [0.05, 0.1) is 12.7 Å². The second-order valence-electron chi connectivity index (χ2n) is 17.2. The van der Waals surface area contributed by atoms with Crippen LogP contribution in [0.5, 0.6) is 0 Å². The molecule has 0 amide bonds. The fourth-order valence-corrected chi connectivity index (χ4v) is 12.2. The van der Waals surface area contributed by atoms with E-state index in [4.69, 9.17) is 9.16 Å². The molecule has 5 rings (SSSR count). The number of imidazole rings is 1. The maximum absolute atomic E-state index is 12.3. The third kappa shape index (κ3) is 5.93. The van der Waals surface area contributed by atoms with Crippen molar-refractivity contribution in [1.82, 2.24) is 9.55 Å². The molecule has 43 heavy (non-hydrogen) atoms. The summed E-state index contributed by atoms with van der Waals surface area (Å²) < 4.78 is 13.9. The summed E-state index contributed by atoms with van der Waals surface area (Å²) in [6, 6.07) is 0. The third-order valence-electron chi connectivity index (χ3n) is 14.1. The van der Waals surface area contributed by atoms with Crippen molar-refractivity contribution in [2.45, 2.75) is 143 Å². The summed E-state index contributed by atoms with van der Waals surface area (Å²) in [4.78, 5) is 16.1. The minimum Gasteiger partial charge on any atom is -0.449 e. The van der Waals surface area contributed by atoms with Crippen LogP contribution in [0.4, 0.5) is 4.79 Å². The molecule has 244 valence electrons. The Bertz CT molecular complexity index is 1100. The fraction of sp³-hybridized carbons (Fsp3) is 0.889. The maximum Gasteiger partial charge on any atom is 0.419 e. The zero-order valence-electron chi connectivity index (χ0n) is 28.8. The van der Waals surface area contributed by atoms with Crippen LogP contribution in [0.1, 0.15) is 113 Å². The smallest absolute Gasteiger partial charge is 0.419 e. The van der Waals surface area contributed by atoms with E-state index in [1.165, 1.54) is 49.4 Å². The first-order valence-corrected chi connectivity index (χ1v) is 20.6. The van der Waals surface area contributed by atoms with Gasteiger partial charge in [0.25, 0.3) is 0 Å². The zero-order chi connectivity index (χ0) is 31.4. The first-order valence-electron chi connectivity index (χ1n) is 17.6. The zero-order valence-corrected chi connectivity index (χ0v) is 29.8. The standard InChI is InChI=1S/C36H62N2O4Si/c1-10-26-30-22-25(42-43(8,9)34(3,4)5)15-17-36(30,7)29-16-18-35(6)27(13-14-28(35)31(29)32(26)39)24(2)12-11-21-41-33(40)38-20-19-37-23-38/h19-20,23-32,39H,10-18,21-22H2,1-9H3/t24-,25?,26-,27?,28?,29?,30?,31?,32-,35-,36?/m1/s1. The topological polar surface area (TPSA) is 73.6 Å². The molecule has 1 heterocycles. The molecule has 0 saturated heterocycles. The number of carbonyl (C=O) groups is 1. The molecule has 6 nitrogen and oxygen atoms in total. The summed E-state index contributed by atoms with van der Waals surface area (Å²) in [6.45, 7) is 22.3. The fourth-order valence-electron chi connectivity index (χ4n) is 10.8. The Labute approximate surface area is 263 Å². The van der Waals surface area contributed by atoms with Crippen LogP contribution in [-0.4, -0.2) is 47.9 Å². The van der Waals surface area contributed by atoms with Gasteiger partial charge in [0, 0.05) is 18.5 Å². The predicted molar refractivity (Wildman–Crippen MR) is 175 cm³/mol. The summed E-state index contributed by atoms with van der Waals surface area (Å²) in [5, 5.41) is 12.5. The lowest BCUT2D eigenvalue weighted by Gasteiger charge is -2.65. The molecular weight excluding hydrogens is 552 g/mol. The van der Waals surface area contributed by atoms with E-state index in [2.05, 4.69) is 66.5 Å². The average molecular weight is 615 g/mol. The van der Waals surface area contributed by atoms with Crippen LogP contribution in [0.2, 0.25) is 18.1 Å². The van der Waals surface area contributed by atoms with Crippen molar-refractivity contribution in [3.63, 3.8) is 0 Å². The Morgan fingerprint density at radius 2 is 1.79 bits per heavy atom. The van der Waals surface area contributed by atoms with E-state index >= 15 is 0 Å². The molecule has 0 aliphatic heterocycles. The summed E-state index contributed by atoms with van der Waals surface area (Å²) in [7, 11) is -1.82. The summed E-state index contributed by atoms with van der Waals surface area (Å²) in [6.07, 6.45) is 16.2. The molecule has 0 bridgehead atoms. The van der Waals surface area contributed by atoms with Gasteiger partial charge in [0.2, 0.25) is 0 Å². The van der Waals surface area contributed by atoms with Crippen LogP contribution < -0.4 is 0 Å². The third-order valence-corrected chi connectivity index (χ3v) is 18.7. The van der Waals surface area contributed by atoms with Gasteiger partial charge in [0.1, 0.15) is 6.33 Å². The van der Waals surface area contributed by atoms with Crippen LogP contribution in [0.3, 0.4) is 0 Å². The predicted octanol–water partition coefficient (Wildman–Crippen LogP) is 8.94. The Kier molecular flexibility index (Phi) is 9.42. The molecule has 1 aromatic heterocycles. The number of carbonyl (C=O) groups excluding carboxylic acids is 1. The highest BCUT2D eigenvalue weighted by molar-refractivity contribution is 6.74. The lowest BCUT2D eigenvalue weighted by Crippen LogP contribution is -2.62. The number of rotatable bonds is 8. The van der Waals surface area contributed by atoms with Gasteiger partial charge in [-0.2, -0.15) is 0 Å². The second-order valence-corrected chi connectivity index (χ2v) is 21.9. The largest absolute Gasteiger partial charge is 0.449 e. The molecule has 4 aliphatic rings. The van der Waals surface area contributed by atoms with Crippen molar-refractivity contribution < 1.29 is 19.1 Å². The molecule has 0 radical (unpaired) electrons. The van der Waals surface area contributed by atoms with E-state index in [-0.39, 0.29) is 17.2 Å². The number of aliphatic hydroxyl groups excluding tert-OH is 1. The van der Waals surface area contributed by atoms with E-state index in [9.17, 15) is 9.90 Å². The van der Waals surface area contributed by atoms with Crippen molar-refractivity contribution in [3.8, 4) is 0 Å². The van der Waals surface area contributed by atoms with Gasteiger partial charge < -0.3 is 14.3 Å². The first-order chi connectivity index (χ1) is 20.1. The van der Waals surface area contributed by atoms with Gasteiger partial charge in [-0.1, -0.05) is 54.9 Å². The number of hydrogen-bond donors (Lipinski definition) is 1. The highest BCUT2D eigenvalue weighted by Gasteiger charge is 2.65. The van der Waals surface area contributed by atoms with Gasteiger partial charge in [0.15, 0.2) is 8.32 Å². The summed E-state index contributed by atoms with van der Waals surface area (Å²) in [5.74, 6) is 3.86. The van der Waals surface area contributed by atoms with E-state index in [0.717, 1.165) is 25.7 Å². The lowest BCUT2D eigenvalue weighted by molar-refractivity contribution is -0.202. The monoisotopic (exact) mass is 614 g/mol. The minimum absolute atomic E-state index is 0.194. The van der Waals surface area contributed by atoms with Crippen LogP contribution in [0, 0.1) is 52.3 Å². The lowest BCUT2D eigenvalue weighted by atomic mass is 9.41. The van der Waals surface area contributed by atoms with E-state index in [1.54, 1.807) is 12.4 Å². The number of fused-ring (bicyclic) bond motifs is 5. The quantitative estimate of drug-likeness (QED) is 0.234. The first kappa shape index (κ1) is 33.2. The van der Waals surface area contributed by atoms with Gasteiger partial charge in [-0.3, -0.25) is 0 Å². The maximum atomic E-state index is 12.3. The highest BCUT2D eigenvalue weighted by atomic mass is 28.4. The van der Waals surface area contributed by atoms with Crippen molar-refractivity contribution in [3.05, 3.63) is 18.7 Å². The number of aliphatic hydroxyl groups is 1. The summed E-state index contributed by atoms with van der Waals surface area (Å²) >= 11 is 0. The SMILES string of the molecule is CC[C@@H]1C2CC(O[Si](C)(C)C(C)(C)C)CCC2(C)C2CC[C@@]3(C)C(CCC3[C@H](C)CCCOC(=O)n3ccnc3)C2[C@@H]1O. The number of hydrogen-bond acceptors (Lipinski definition) is 5. The van der Waals surface area contributed by atoms with E-state index < -0.39 is 8.32 Å². The van der Waals surface area contributed by atoms with Gasteiger partial charge in [-0.15, -0.1) is 0 Å². The number of ether oxygens (including phenoxy) is 1. The molecule has 4 saturated carbocycles. The van der Waals surface area contributed by atoms with Gasteiger partial charge in [-0.05, 0) is 128 Å². The average Bonchev–Trinajstić information content (AvgIpc) is 3.59. The van der Waals surface area contributed by atoms with Crippen molar-refractivity contribution in [1.29, 1.82) is 0 Å². The second kappa shape index (κ2) is 12.2. The van der Waals surface area contributed by atoms with Crippen LogP contribution in [0.25, 0.3) is 0 Å². The molecule has 0 aromatic carbocycles. The number of aromatic nitrogens is 2. The van der Waals surface area contributed by atoms with Gasteiger partial charge >= 0.3 is 6.09 Å². The Morgan fingerprint density at radius 1 is 1.09 bits per heavy atom. The number of nitrogens with zero attached hydrogens (tertiary/aromatic N) is 2. The molecule has 1 aromatic rings. The molecule has 1 N–H and O–H groups in total. The molecular formula is C36H62N2O4Si. The van der Waals surface area contributed by atoms with Crippen molar-refractivity contribution in [2.24, 2.45) is 52.3 Å². The van der Waals surface area contributed by atoms with Crippen LogP contribution >= 0.6 is 0 Å². The molecule has 4 aliphatic carbocycles. The Balaban J connectivity index is 1.25. The molecule has 11 atom stereocenters. The van der Waals surface area contributed by atoms with Crippen molar-refractivity contribution >= 4 is 14.4 Å². The van der Waals surface area contributed by atoms with Crippen LogP contribution in [-0.2, 0) is 9.16 Å². The van der Waals surface area contributed by atoms with E-state index in [1.807, 2.05) is 0 Å².